The van der Waals surface area contributed by atoms with E-state index in [1.807, 2.05) is 0 Å². The van der Waals surface area contributed by atoms with Crippen LogP contribution in [0.1, 0.15) is 11.5 Å². The number of carbonyl (C=O) groups excluding carboxylic acids is 1. The smallest absolute Gasteiger partial charge is 0.406 e. The van der Waals surface area contributed by atoms with Crippen molar-refractivity contribution in [2.24, 2.45) is 0 Å². The molecule has 0 fully saturated rings. The summed E-state index contributed by atoms with van der Waals surface area (Å²) in [6.07, 6.45) is -3.20. The van der Waals surface area contributed by atoms with Crippen LogP contribution in [-0.4, -0.2) is 35.3 Å². The van der Waals surface area contributed by atoms with E-state index >= 15 is 0 Å². The van der Waals surface area contributed by atoms with Gasteiger partial charge >= 0.3 is 6.18 Å². The molecule has 0 N–H and O–H groups in total. The zero-order valence-corrected chi connectivity index (χ0v) is 11.6. The van der Waals surface area contributed by atoms with Gasteiger partial charge in [0.05, 0.1) is 12.8 Å². The molecular weight excluding hydrogens is 305 g/mol. The zero-order chi connectivity index (χ0) is 16.2. The molecule has 2 rings (SSSR count). The van der Waals surface area contributed by atoms with Crippen LogP contribution in [0.5, 0.6) is 5.88 Å². The fourth-order valence-electron chi connectivity index (χ4n) is 1.68. The molecular formula is C13H13F3N2O4. The van der Waals surface area contributed by atoms with Gasteiger partial charge in [0, 0.05) is 6.07 Å². The number of alkyl halides is 3. The molecule has 120 valence electrons. The van der Waals surface area contributed by atoms with E-state index in [1.165, 1.54) is 24.5 Å². The highest BCUT2D eigenvalue weighted by Gasteiger charge is 2.33. The summed E-state index contributed by atoms with van der Waals surface area (Å²) < 4.78 is 52.4. The van der Waals surface area contributed by atoms with Crippen LogP contribution in [0.15, 0.2) is 33.4 Å². The lowest BCUT2D eigenvalue weighted by molar-refractivity contribution is -0.164. The van der Waals surface area contributed by atoms with Gasteiger partial charge in [-0.1, -0.05) is 0 Å². The van der Waals surface area contributed by atoms with Crippen LogP contribution in [0.3, 0.4) is 0 Å². The van der Waals surface area contributed by atoms with Crippen molar-refractivity contribution in [2.45, 2.75) is 19.6 Å². The van der Waals surface area contributed by atoms with Gasteiger partial charge < -0.3 is 18.6 Å². The van der Waals surface area contributed by atoms with Crippen LogP contribution in [-0.2, 0) is 11.3 Å². The number of aryl methyl sites for hydroxylation is 1. The Balaban J connectivity index is 1.98. The van der Waals surface area contributed by atoms with Crippen molar-refractivity contribution >= 4 is 5.91 Å². The van der Waals surface area contributed by atoms with Gasteiger partial charge in [0.1, 0.15) is 18.1 Å². The Labute approximate surface area is 123 Å². The summed E-state index contributed by atoms with van der Waals surface area (Å²) in [5.41, 5.74) is 0. The predicted octanol–water partition coefficient (Wildman–Crippen LogP) is 2.55. The minimum absolute atomic E-state index is 0.0378. The Morgan fingerprint density at radius 1 is 1.45 bits per heavy atom. The molecule has 9 heteroatoms. The second-order valence-corrected chi connectivity index (χ2v) is 4.51. The fraction of sp³-hybridized carbons (Fsp3) is 0.385. The standard InChI is InChI=1S/C13H13F3N2O4/c1-9-5-11(17-22-9)21-7-12(19)18(8-13(14,15)16)6-10-3-2-4-20-10/h2-5H,6-8H2,1H3. The molecule has 0 atom stereocenters. The first-order valence-electron chi connectivity index (χ1n) is 6.26. The van der Waals surface area contributed by atoms with Gasteiger partial charge in [0.15, 0.2) is 6.61 Å². The van der Waals surface area contributed by atoms with E-state index in [-0.39, 0.29) is 18.2 Å². The highest BCUT2D eigenvalue weighted by Crippen LogP contribution is 2.19. The van der Waals surface area contributed by atoms with Gasteiger partial charge in [-0.25, -0.2) is 0 Å². The van der Waals surface area contributed by atoms with E-state index in [4.69, 9.17) is 13.7 Å². The molecule has 0 saturated heterocycles. The molecule has 1 amide bonds. The summed E-state index contributed by atoms with van der Waals surface area (Å²) >= 11 is 0. The number of carbonyl (C=O) groups is 1. The normalized spacial score (nSPS) is 11.5. The van der Waals surface area contributed by atoms with Crippen molar-refractivity contribution in [3.63, 3.8) is 0 Å². The summed E-state index contributed by atoms with van der Waals surface area (Å²) in [6, 6.07) is 4.44. The SMILES string of the molecule is Cc1cc(OCC(=O)N(Cc2ccco2)CC(F)(F)F)no1. The fourth-order valence-corrected chi connectivity index (χ4v) is 1.68. The van der Waals surface area contributed by atoms with Gasteiger partial charge in [0.2, 0.25) is 0 Å². The van der Waals surface area contributed by atoms with E-state index in [2.05, 4.69) is 5.16 Å². The summed E-state index contributed by atoms with van der Waals surface area (Å²) in [5.74, 6) is -0.0924. The van der Waals surface area contributed by atoms with Gasteiger partial charge in [-0.3, -0.25) is 4.79 Å². The summed E-state index contributed by atoms with van der Waals surface area (Å²) in [6.45, 7) is -0.655. The number of ether oxygens (including phenoxy) is 1. The maximum atomic E-state index is 12.6. The van der Waals surface area contributed by atoms with Crippen LogP contribution >= 0.6 is 0 Å². The average molecular weight is 318 g/mol. The molecule has 0 saturated carbocycles. The third-order valence-corrected chi connectivity index (χ3v) is 2.60. The maximum absolute atomic E-state index is 12.6. The monoisotopic (exact) mass is 318 g/mol. The lowest BCUT2D eigenvalue weighted by atomic mass is 10.3. The number of nitrogens with zero attached hydrogens (tertiary/aromatic N) is 2. The molecule has 0 unspecified atom stereocenters. The number of hydrogen-bond acceptors (Lipinski definition) is 5. The quantitative estimate of drug-likeness (QED) is 0.819. The second kappa shape index (κ2) is 6.54. The molecule has 2 heterocycles. The summed E-state index contributed by atoms with van der Waals surface area (Å²) in [4.78, 5) is 12.5. The van der Waals surface area contributed by atoms with Crippen molar-refractivity contribution < 1.29 is 31.6 Å². The van der Waals surface area contributed by atoms with Crippen LogP contribution in [0, 0.1) is 6.92 Å². The predicted molar refractivity (Wildman–Crippen MR) is 66.9 cm³/mol. The molecule has 0 aliphatic rings. The summed E-state index contributed by atoms with van der Waals surface area (Å²) in [5, 5.41) is 3.49. The molecule has 6 nitrogen and oxygen atoms in total. The molecule has 0 aromatic carbocycles. The molecule has 2 aromatic heterocycles. The lowest BCUT2D eigenvalue weighted by Crippen LogP contribution is -2.40. The Morgan fingerprint density at radius 2 is 2.23 bits per heavy atom. The molecule has 22 heavy (non-hydrogen) atoms. The number of hydrogen-bond donors (Lipinski definition) is 0. The second-order valence-electron chi connectivity index (χ2n) is 4.51. The van der Waals surface area contributed by atoms with Gasteiger partial charge in [-0.05, 0) is 24.2 Å². The summed E-state index contributed by atoms with van der Waals surface area (Å²) in [7, 11) is 0. The van der Waals surface area contributed by atoms with Crippen molar-refractivity contribution in [1.82, 2.24) is 10.1 Å². The Morgan fingerprint density at radius 3 is 2.77 bits per heavy atom. The minimum Gasteiger partial charge on any atom is -0.467 e. The number of halogens is 3. The van der Waals surface area contributed by atoms with Gasteiger partial charge in [-0.15, -0.1) is 0 Å². The number of furan rings is 1. The highest BCUT2D eigenvalue weighted by molar-refractivity contribution is 5.77. The molecule has 0 bridgehead atoms. The van der Waals surface area contributed by atoms with E-state index < -0.39 is 25.2 Å². The highest BCUT2D eigenvalue weighted by atomic mass is 19.4. The minimum atomic E-state index is -4.52. The Bertz CT molecular complexity index is 607. The van der Waals surface area contributed by atoms with Crippen molar-refractivity contribution in [1.29, 1.82) is 0 Å². The van der Waals surface area contributed by atoms with E-state index in [9.17, 15) is 18.0 Å². The van der Waals surface area contributed by atoms with Gasteiger partial charge in [-0.2, -0.15) is 13.2 Å². The van der Waals surface area contributed by atoms with Crippen LogP contribution in [0.2, 0.25) is 0 Å². The maximum Gasteiger partial charge on any atom is 0.406 e. The lowest BCUT2D eigenvalue weighted by Gasteiger charge is -2.22. The van der Waals surface area contributed by atoms with Crippen molar-refractivity contribution in [2.75, 3.05) is 13.2 Å². The number of amides is 1. The van der Waals surface area contributed by atoms with E-state index in [1.54, 1.807) is 6.92 Å². The largest absolute Gasteiger partial charge is 0.467 e. The molecule has 0 radical (unpaired) electrons. The zero-order valence-electron chi connectivity index (χ0n) is 11.6. The first kappa shape index (κ1) is 15.9. The third kappa shape index (κ3) is 4.83. The van der Waals surface area contributed by atoms with Gasteiger partial charge in [0.25, 0.3) is 11.8 Å². The average Bonchev–Trinajstić information content (AvgIpc) is 3.05. The van der Waals surface area contributed by atoms with E-state index in [0.29, 0.717) is 10.7 Å². The molecule has 2 aromatic rings. The first-order chi connectivity index (χ1) is 10.3. The molecule has 0 spiro atoms. The number of rotatable bonds is 6. The topological polar surface area (TPSA) is 68.7 Å². The van der Waals surface area contributed by atoms with Crippen LogP contribution < -0.4 is 4.74 Å². The van der Waals surface area contributed by atoms with Crippen LogP contribution in [0.25, 0.3) is 0 Å². The Hall–Kier alpha value is -2.45. The molecule has 0 aliphatic heterocycles. The number of aromatic nitrogens is 1. The first-order valence-corrected chi connectivity index (χ1v) is 6.26. The molecule has 0 aliphatic carbocycles. The van der Waals surface area contributed by atoms with Crippen LogP contribution in [0.4, 0.5) is 13.2 Å². The third-order valence-electron chi connectivity index (χ3n) is 2.60. The van der Waals surface area contributed by atoms with Crippen molar-refractivity contribution in [3.8, 4) is 5.88 Å². The van der Waals surface area contributed by atoms with E-state index in [0.717, 1.165) is 0 Å². The van der Waals surface area contributed by atoms with Crippen molar-refractivity contribution in [3.05, 3.63) is 36.0 Å². The Kier molecular flexibility index (Phi) is 4.74.